The Bertz CT molecular complexity index is 863. The summed E-state index contributed by atoms with van der Waals surface area (Å²) in [6.45, 7) is 3.36. The highest BCUT2D eigenvalue weighted by atomic mass is 19.4. The molecular formula is C19H22F3N3O3. The highest BCUT2D eigenvalue weighted by molar-refractivity contribution is 5.89. The number of amides is 1. The molecule has 1 aromatic heterocycles. The monoisotopic (exact) mass is 397 g/mol. The Morgan fingerprint density at radius 2 is 1.79 bits per heavy atom. The van der Waals surface area contributed by atoms with Crippen LogP contribution in [0.5, 0.6) is 0 Å². The van der Waals surface area contributed by atoms with Gasteiger partial charge in [0.05, 0.1) is 12.1 Å². The van der Waals surface area contributed by atoms with Gasteiger partial charge in [0.2, 0.25) is 5.91 Å². The summed E-state index contributed by atoms with van der Waals surface area (Å²) in [5.74, 6) is -1.82. The number of carboxylic acids is 1. The summed E-state index contributed by atoms with van der Waals surface area (Å²) in [6.07, 6.45) is -4.60. The van der Waals surface area contributed by atoms with E-state index >= 15 is 0 Å². The maximum absolute atomic E-state index is 12.7. The Morgan fingerprint density at radius 1 is 1.18 bits per heavy atom. The van der Waals surface area contributed by atoms with Crippen molar-refractivity contribution in [1.82, 2.24) is 15.1 Å². The van der Waals surface area contributed by atoms with E-state index < -0.39 is 30.1 Å². The highest BCUT2D eigenvalue weighted by Gasteiger charge is 2.40. The van der Waals surface area contributed by atoms with Crippen LogP contribution in [0.2, 0.25) is 0 Å². The predicted octanol–water partition coefficient (Wildman–Crippen LogP) is 3.11. The van der Waals surface area contributed by atoms with Gasteiger partial charge in [-0.1, -0.05) is 37.3 Å². The van der Waals surface area contributed by atoms with E-state index in [0.29, 0.717) is 16.8 Å². The minimum Gasteiger partial charge on any atom is -0.479 e. The lowest BCUT2D eigenvalue weighted by Crippen LogP contribution is -2.52. The molecule has 152 valence electrons. The molecule has 0 spiro atoms. The van der Waals surface area contributed by atoms with Crippen molar-refractivity contribution in [3.63, 3.8) is 0 Å². The Morgan fingerprint density at radius 3 is 2.29 bits per heavy atom. The normalized spacial score (nSPS) is 13.8. The lowest BCUT2D eigenvalue weighted by atomic mass is 9.87. The molecule has 0 aliphatic rings. The zero-order valence-corrected chi connectivity index (χ0v) is 15.8. The number of benzene rings is 1. The van der Waals surface area contributed by atoms with Gasteiger partial charge in [-0.15, -0.1) is 0 Å². The molecule has 1 atom stereocenters. The second-order valence-electron chi connectivity index (χ2n) is 6.58. The molecular weight excluding hydrogens is 375 g/mol. The van der Waals surface area contributed by atoms with Crippen LogP contribution in [0.25, 0.3) is 0 Å². The Kier molecular flexibility index (Phi) is 6.16. The molecule has 6 nitrogen and oxygen atoms in total. The third kappa shape index (κ3) is 4.52. The standard InChI is InChI=1S/C19H22F3N3O3/c1-4-18(17(27)28,14-8-6-5-7-9-14)23-16(26)10-15-12(2)24-25(13(15)3)11-19(20,21)22/h5-9H,4,10-11H2,1-3H3,(H,23,26)(H,27,28). The van der Waals surface area contributed by atoms with Gasteiger partial charge in [0.1, 0.15) is 6.54 Å². The van der Waals surface area contributed by atoms with Crippen LogP contribution in [0, 0.1) is 13.8 Å². The molecule has 1 aromatic carbocycles. The number of aryl methyl sites for hydroxylation is 1. The fourth-order valence-electron chi connectivity index (χ4n) is 3.17. The minimum absolute atomic E-state index is 0.101. The maximum atomic E-state index is 12.7. The number of aromatic nitrogens is 2. The van der Waals surface area contributed by atoms with Crippen molar-refractivity contribution in [1.29, 1.82) is 0 Å². The average molecular weight is 397 g/mol. The van der Waals surface area contributed by atoms with Crippen molar-refractivity contribution in [2.24, 2.45) is 0 Å². The second kappa shape index (κ2) is 8.04. The zero-order chi connectivity index (χ0) is 21.1. The van der Waals surface area contributed by atoms with Gasteiger partial charge < -0.3 is 10.4 Å². The van der Waals surface area contributed by atoms with Crippen molar-refractivity contribution < 1.29 is 27.9 Å². The average Bonchev–Trinajstić information content (AvgIpc) is 2.86. The molecule has 2 rings (SSSR count). The summed E-state index contributed by atoms with van der Waals surface area (Å²) in [7, 11) is 0. The predicted molar refractivity (Wildman–Crippen MR) is 95.6 cm³/mol. The molecule has 0 aliphatic carbocycles. The molecule has 0 radical (unpaired) electrons. The topological polar surface area (TPSA) is 84.2 Å². The summed E-state index contributed by atoms with van der Waals surface area (Å²) >= 11 is 0. The van der Waals surface area contributed by atoms with Gasteiger partial charge >= 0.3 is 12.1 Å². The summed E-state index contributed by atoms with van der Waals surface area (Å²) in [4.78, 5) is 24.6. The van der Waals surface area contributed by atoms with Crippen LogP contribution in [0.4, 0.5) is 13.2 Å². The zero-order valence-electron chi connectivity index (χ0n) is 15.8. The van der Waals surface area contributed by atoms with Crippen LogP contribution in [0.15, 0.2) is 30.3 Å². The van der Waals surface area contributed by atoms with Gasteiger partial charge in [-0.25, -0.2) is 4.79 Å². The van der Waals surface area contributed by atoms with E-state index in [1.807, 2.05) is 0 Å². The molecule has 1 unspecified atom stereocenters. The van der Waals surface area contributed by atoms with Crippen molar-refractivity contribution in [2.75, 3.05) is 0 Å². The van der Waals surface area contributed by atoms with E-state index in [9.17, 15) is 27.9 Å². The number of aliphatic carboxylic acids is 1. The number of hydrogen-bond donors (Lipinski definition) is 2. The number of carbonyl (C=O) groups is 2. The number of hydrogen-bond acceptors (Lipinski definition) is 3. The molecule has 0 saturated heterocycles. The van der Waals surface area contributed by atoms with Gasteiger partial charge in [0, 0.05) is 11.3 Å². The minimum atomic E-state index is -4.43. The summed E-state index contributed by atoms with van der Waals surface area (Å²) in [6, 6.07) is 8.29. The SMILES string of the molecule is CCC(NC(=O)Cc1c(C)nn(CC(F)(F)F)c1C)(C(=O)O)c1ccccc1. The van der Waals surface area contributed by atoms with E-state index in [1.165, 1.54) is 13.8 Å². The van der Waals surface area contributed by atoms with Crippen LogP contribution >= 0.6 is 0 Å². The summed E-state index contributed by atoms with van der Waals surface area (Å²) in [5.41, 5.74) is -0.330. The van der Waals surface area contributed by atoms with E-state index in [-0.39, 0.29) is 18.5 Å². The largest absolute Gasteiger partial charge is 0.479 e. The van der Waals surface area contributed by atoms with Crippen molar-refractivity contribution in [3.05, 3.63) is 52.8 Å². The lowest BCUT2D eigenvalue weighted by molar-refractivity contribution is -0.148. The first kappa shape index (κ1) is 21.5. The number of halogens is 3. The van der Waals surface area contributed by atoms with E-state index in [1.54, 1.807) is 37.3 Å². The molecule has 2 N–H and O–H groups in total. The third-order valence-corrected chi connectivity index (χ3v) is 4.71. The number of nitrogens with zero attached hydrogens (tertiary/aromatic N) is 2. The fourth-order valence-corrected chi connectivity index (χ4v) is 3.17. The second-order valence-corrected chi connectivity index (χ2v) is 6.58. The molecule has 2 aromatic rings. The van der Waals surface area contributed by atoms with Gasteiger partial charge in [-0.3, -0.25) is 9.48 Å². The number of nitrogens with one attached hydrogen (secondary N) is 1. The number of carboxylic acid groups (broad SMARTS) is 1. The van der Waals surface area contributed by atoms with Gasteiger partial charge in [-0.2, -0.15) is 18.3 Å². The van der Waals surface area contributed by atoms with Gasteiger partial charge in [0.25, 0.3) is 0 Å². The van der Waals surface area contributed by atoms with Crippen LogP contribution in [-0.2, 0) is 28.1 Å². The van der Waals surface area contributed by atoms with E-state index in [4.69, 9.17) is 0 Å². The molecule has 9 heteroatoms. The van der Waals surface area contributed by atoms with Gasteiger partial charge in [0.15, 0.2) is 5.54 Å². The first-order valence-electron chi connectivity index (χ1n) is 8.69. The Hall–Kier alpha value is -2.84. The smallest absolute Gasteiger partial charge is 0.408 e. The fraction of sp³-hybridized carbons (Fsp3) is 0.421. The summed E-state index contributed by atoms with van der Waals surface area (Å²) < 4.78 is 38.8. The molecule has 0 fully saturated rings. The van der Waals surface area contributed by atoms with Crippen LogP contribution in [-0.4, -0.2) is 32.9 Å². The first-order chi connectivity index (χ1) is 13.0. The van der Waals surface area contributed by atoms with Crippen LogP contribution in [0.3, 0.4) is 0 Å². The number of alkyl halides is 3. The molecule has 0 aliphatic heterocycles. The number of rotatable bonds is 7. The van der Waals surface area contributed by atoms with Crippen molar-refractivity contribution in [3.8, 4) is 0 Å². The van der Waals surface area contributed by atoms with Crippen LogP contribution < -0.4 is 5.32 Å². The molecule has 0 saturated carbocycles. The Balaban J connectivity index is 2.28. The first-order valence-corrected chi connectivity index (χ1v) is 8.69. The highest BCUT2D eigenvalue weighted by Crippen LogP contribution is 2.26. The van der Waals surface area contributed by atoms with Gasteiger partial charge in [-0.05, 0) is 25.8 Å². The molecule has 1 heterocycles. The van der Waals surface area contributed by atoms with Crippen molar-refractivity contribution >= 4 is 11.9 Å². The van der Waals surface area contributed by atoms with Crippen LogP contribution in [0.1, 0.15) is 35.9 Å². The van der Waals surface area contributed by atoms with E-state index in [0.717, 1.165) is 4.68 Å². The quantitative estimate of drug-likeness (QED) is 0.752. The molecule has 28 heavy (non-hydrogen) atoms. The summed E-state index contributed by atoms with van der Waals surface area (Å²) in [5, 5.41) is 16.2. The Labute approximate surface area is 160 Å². The lowest BCUT2D eigenvalue weighted by Gasteiger charge is -2.30. The van der Waals surface area contributed by atoms with Crippen molar-refractivity contribution in [2.45, 2.75) is 51.9 Å². The maximum Gasteiger partial charge on any atom is 0.408 e. The number of carbonyl (C=O) groups excluding carboxylic acids is 1. The molecule has 1 amide bonds. The molecule has 0 bridgehead atoms. The third-order valence-electron chi connectivity index (χ3n) is 4.71. The van der Waals surface area contributed by atoms with E-state index in [2.05, 4.69) is 10.4 Å².